The molecule has 1 N–H and O–H groups in total. The minimum atomic E-state index is -0.543. The van der Waals surface area contributed by atoms with Crippen LogP contribution < -0.4 is 10.2 Å². The maximum Gasteiger partial charge on any atom is 0.407 e. The van der Waals surface area contributed by atoms with Gasteiger partial charge in [-0.2, -0.15) is 5.10 Å². The smallest absolute Gasteiger partial charge is 0.407 e. The zero-order chi connectivity index (χ0) is 23.4. The van der Waals surface area contributed by atoms with Crippen molar-refractivity contribution in [3.05, 3.63) is 59.9 Å². The Balaban J connectivity index is 1.45. The highest BCUT2D eigenvalue weighted by Crippen LogP contribution is 2.21. The van der Waals surface area contributed by atoms with Crippen molar-refractivity contribution >= 4 is 23.5 Å². The Morgan fingerprint density at radius 1 is 1.18 bits per heavy atom. The number of ether oxygens (including phenoxy) is 2. The second-order valence-corrected chi connectivity index (χ2v) is 9.11. The Kier molecular flexibility index (Phi) is 6.48. The number of benzene rings is 1. The Morgan fingerprint density at radius 3 is 2.73 bits per heavy atom. The highest BCUT2D eigenvalue weighted by atomic mass is 16.6. The number of alkyl carbamates (subject to hydrolysis) is 1. The van der Waals surface area contributed by atoms with Crippen molar-refractivity contribution in [1.82, 2.24) is 19.9 Å². The van der Waals surface area contributed by atoms with Gasteiger partial charge in [0.05, 0.1) is 6.20 Å². The molecule has 1 aliphatic heterocycles. The third kappa shape index (κ3) is 5.79. The van der Waals surface area contributed by atoms with E-state index in [2.05, 4.69) is 20.3 Å². The Bertz CT molecular complexity index is 1120. The average molecular weight is 452 g/mol. The number of aromatic nitrogens is 3. The van der Waals surface area contributed by atoms with E-state index in [4.69, 9.17) is 9.47 Å². The van der Waals surface area contributed by atoms with Gasteiger partial charge in [-0.25, -0.2) is 19.1 Å². The molecule has 0 unspecified atom stereocenters. The van der Waals surface area contributed by atoms with Crippen LogP contribution in [0.4, 0.5) is 10.6 Å². The summed E-state index contributed by atoms with van der Waals surface area (Å²) in [4.78, 5) is 31.6. The van der Waals surface area contributed by atoms with E-state index in [0.29, 0.717) is 17.8 Å². The fourth-order valence-corrected chi connectivity index (χ4v) is 3.76. The summed E-state index contributed by atoms with van der Waals surface area (Å²) in [6.07, 6.45) is 4.59. The standard InChI is InChI=1S/C24H29N5O4/c1-24(2,3)33-23(31)26-18-10-7-12-28(15-18)20-11-13-29-21(27-20)19(14-25-29)22(30)32-16-17-8-5-4-6-9-17/h4-6,8-9,11,13-14,18H,7,10,12,15-16H2,1-3H3,(H,26,31)/t18-/m0/s1. The van der Waals surface area contributed by atoms with Gasteiger partial charge >= 0.3 is 12.1 Å². The molecule has 4 rings (SSSR count). The Hall–Kier alpha value is -3.62. The quantitative estimate of drug-likeness (QED) is 0.592. The first-order valence-electron chi connectivity index (χ1n) is 11.1. The summed E-state index contributed by atoms with van der Waals surface area (Å²) in [6, 6.07) is 11.3. The highest BCUT2D eigenvalue weighted by molar-refractivity contribution is 5.95. The van der Waals surface area contributed by atoms with E-state index in [9.17, 15) is 9.59 Å². The number of hydrogen-bond donors (Lipinski definition) is 1. The molecular weight excluding hydrogens is 422 g/mol. The molecule has 0 bridgehead atoms. The van der Waals surface area contributed by atoms with Crippen molar-refractivity contribution in [2.45, 2.75) is 51.9 Å². The second kappa shape index (κ2) is 9.48. The van der Waals surface area contributed by atoms with Crippen molar-refractivity contribution in [2.24, 2.45) is 0 Å². The van der Waals surface area contributed by atoms with Gasteiger partial charge in [-0.05, 0) is 45.2 Å². The van der Waals surface area contributed by atoms with Crippen LogP contribution in [0.5, 0.6) is 0 Å². The maximum atomic E-state index is 12.7. The molecule has 33 heavy (non-hydrogen) atoms. The van der Waals surface area contributed by atoms with E-state index < -0.39 is 17.7 Å². The van der Waals surface area contributed by atoms with Gasteiger partial charge in [0.1, 0.15) is 23.6 Å². The van der Waals surface area contributed by atoms with Crippen LogP contribution in [0.25, 0.3) is 5.65 Å². The van der Waals surface area contributed by atoms with Crippen LogP contribution in [-0.2, 0) is 16.1 Å². The van der Waals surface area contributed by atoms with Crippen LogP contribution in [0.2, 0.25) is 0 Å². The van der Waals surface area contributed by atoms with Crippen LogP contribution in [0.3, 0.4) is 0 Å². The molecular formula is C24H29N5O4. The number of piperidine rings is 1. The molecule has 1 aromatic carbocycles. The van der Waals surface area contributed by atoms with Crippen LogP contribution in [0.1, 0.15) is 49.5 Å². The molecule has 9 heteroatoms. The first-order chi connectivity index (χ1) is 15.8. The maximum absolute atomic E-state index is 12.7. The van der Waals surface area contributed by atoms with Crippen molar-refractivity contribution in [2.75, 3.05) is 18.0 Å². The van der Waals surface area contributed by atoms with Gasteiger partial charge < -0.3 is 19.7 Å². The number of amides is 1. The minimum Gasteiger partial charge on any atom is -0.457 e. The molecule has 1 fully saturated rings. The molecule has 1 saturated heterocycles. The molecule has 3 heterocycles. The van der Waals surface area contributed by atoms with Gasteiger partial charge in [0.25, 0.3) is 0 Å². The minimum absolute atomic E-state index is 0.0492. The number of anilines is 1. The topological polar surface area (TPSA) is 98.1 Å². The summed E-state index contributed by atoms with van der Waals surface area (Å²) in [6.45, 7) is 7.11. The number of hydrogen-bond acceptors (Lipinski definition) is 7. The molecule has 0 aliphatic carbocycles. The number of carbonyl (C=O) groups excluding carboxylic acids is 2. The summed E-state index contributed by atoms with van der Waals surface area (Å²) in [5.74, 6) is 0.248. The van der Waals surface area contributed by atoms with E-state index in [1.54, 1.807) is 10.7 Å². The number of nitrogens with one attached hydrogen (secondary N) is 1. The van der Waals surface area contributed by atoms with Crippen molar-refractivity contribution in [1.29, 1.82) is 0 Å². The summed E-state index contributed by atoms with van der Waals surface area (Å²) < 4.78 is 12.4. The van der Waals surface area contributed by atoms with Gasteiger partial charge in [0.2, 0.25) is 0 Å². The van der Waals surface area contributed by atoms with Crippen LogP contribution in [0.15, 0.2) is 48.8 Å². The molecule has 1 atom stereocenters. The molecule has 9 nitrogen and oxygen atoms in total. The fourth-order valence-electron chi connectivity index (χ4n) is 3.76. The SMILES string of the molecule is CC(C)(C)OC(=O)N[C@H]1CCCN(c2ccn3ncc(C(=O)OCc4ccccc4)c3n2)C1. The lowest BCUT2D eigenvalue weighted by Crippen LogP contribution is -2.49. The van der Waals surface area contributed by atoms with E-state index in [-0.39, 0.29) is 12.6 Å². The van der Waals surface area contributed by atoms with Crippen molar-refractivity contribution in [3.63, 3.8) is 0 Å². The van der Waals surface area contributed by atoms with E-state index >= 15 is 0 Å². The summed E-state index contributed by atoms with van der Waals surface area (Å²) in [7, 11) is 0. The monoisotopic (exact) mass is 451 g/mol. The largest absolute Gasteiger partial charge is 0.457 e. The van der Waals surface area contributed by atoms with Crippen LogP contribution in [0, 0.1) is 0 Å². The zero-order valence-electron chi connectivity index (χ0n) is 19.2. The Labute approximate surface area is 192 Å². The van der Waals surface area contributed by atoms with E-state index in [0.717, 1.165) is 30.8 Å². The van der Waals surface area contributed by atoms with Crippen molar-refractivity contribution < 1.29 is 19.1 Å². The summed E-state index contributed by atoms with van der Waals surface area (Å²) >= 11 is 0. The van der Waals surface area contributed by atoms with Crippen LogP contribution in [-0.4, -0.2) is 51.4 Å². The molecule has 0 spiro atoms. The second-order valence-electron chi connectivity index (χ2n) is 9.11. The zero-order valence-corrected chi connectivity index (χ0v) is 19.2. The first-order valence-corrected chi connectivity index (χ1v) is 11.1. The number of nitrogens with zero attached hydrogens (tertiary/aromatic N) is 4. The summed E-state index contributed by atoms with van der Waals surface area (Å²) in [5.41, 5.74) is 1.12. The van der Waals surface area contributed by atoms with E-state index in [1.807, 2.05) is 57.2 Å². The third-order valence-electron chi connectivity index (χ3n) is 5.25. The molecule has 1 aliphatic rings. The summed E-state index contributed by atoms with van der Waals surface area (Å²) in [5, 5.41) is 7.18. The lowest BCUT2D eigenvalue weighted by atomic mass is 10.1. The highest BCUT2D eigenvalue weighted by Gasteiger charge is 2.25. The van der Waals surface area contributed by atoms with Gasteiger partial charge in [-0.3, -0.25) is 0 Å². The first kappa shape index (κ1) is 22.6. The fraction of sp³-hybridized carbons (Fsp3) is 0.417. The average Bonchev–Trinajstić information content (AvgIpc) is 3.20. The lowest BCUT2D eigenvalue weighted by molar-refractivity contribution is 0.0471. The number of fused-ring (bicyclic) bond motifs is 1. The van der Waals surface area contributed by atoms with Crippen LogP contribution >= 0.6 is 0 Å². The van der Waals surface area contributed by atoms with Gasteiger partial charge in [0.15, 0.2) is 5.65 Å². The molecule has 3 aromatic rings. The normalized spacial score (nSPS) is 16.5. The number of carbonyl (C=O) groups is 2. The molecule has 2 aromatic heterocycles. The number of rotatable bonds is 5. The van der Waals surface area contributed by atoms with Gasteiger partial charge in [-0.15, -0.1) is 0 Å². The Morgan fingerprint density at radius 2 is 1.97 bits per heavy atom. The van der Waals surface area contributed by atoms with Gasteiger partial charge in [0, 0.05) is 25.3 Å². The molecule has 174 valence electrons. The van der Waals surface area contributed by atoms with E-state index in [1.165, 1.54) is 6.20 Å². The predicted molar refractivity (Wildman–Crippen MR) is 123 cm³/mol. The third-order valence-corrected chi connectivity index (χ3v) is 5.25. The molecule has 0 saturated carbocycles. The van der Waals surface area contributed by atoms with Gasteiger partial charge in [-0.1, -0.05) is 30.3 Å². The molecule has 1 amide bonds. The predicted octanol–water partition coefficient (Wildman–Crippen LogP) is 3.58. The molecule has 0 radical (unpaired) electrons. The lowest BCUT2D eigenvalue weighted by Gasteiger charge is -2.34. The van der Waals surface area contributed by atoms with Crippen molar-refractivity contribution in [3.8, 4) is 0 Å². The number of esters is 1.